The summed E-state index contributed by atoms with van der Waals surface area (Å²) >= 11 is 0. The molecule has 0 radical (unpaired) electrons. The van der Waals surface area contributed by atoms with Crippen LogP contribution >= 0.6 is 0 Å². The lowest BCUT2D eigenvalue weighted by atomic mass is 10.2. The van der Waals surface area contributed by atoms with Crippen LogP contribution in [0.15, 0.2) is 48.7 Å². The fourth-order valence-electron chi connectivity index (χ4n) is 2.78. The smallest absolute Gasteiger partial charge is 0.341 e. The molecule has 3 aromatic rings. The first-order valence-corrected chi connectivity index (χ1v) is 8.00. The molecule has 3 rings (SSSR count). The van der Waals surface area contributed by atoms with Gasteiger partial charge in [-0.1, -0.05) is 30.3 Å². The van der Waals surface area contributed by atoms with Gasteiger partial charge in [-0.25, -0.2) is 9.31 Å². The number of carbonyl (C=O) groups excluding carboxylic acids is 1. The number of rotatable bonds is 5. The zero-order chi connectivity index (χ0) is 17.1. The lowest BCUT2D eigenvalue weighted by Crippen LogP contribution is -2.20. The molecule has 2 heterocycles. The van der Waals surface area contributed by atoms with E-state index in [0.717, 1.165) is 23.4 Å². The molecule has 0 aliphatic carbocycles. The van der Waals surface area contributed by atoms with E-state index in [4.69, 9.17) is 4.74 Å². The Morgan fingerprint density at radius 1 is 1.25 bits per heavy atom. The quantitative estimate of drug-likeness (QED) is 0.675. The second-order valence-electron chi connectivity index (χ2n) is 5.81. The minimum Gasteiger partial charge on any atom is -0.462 e. The summed E-state index contributed by atoms with van der Waals surface area (Å²) in [4.78, 5) is 14.2. The van der Waals surface area contributed by atoms with E-state index < -0.39 is 0 Å². The van der Waals surface area contributed by atoms with Crippen molar-refractivity contribution in [1.82, 2.24) is 9.61 Å². The molecule has 24 heavy (non-hydrogen) atoms. The third kappa shape index (κ3) is 3.11. The van der Waals surface area contributed by atoms with E-state index in [-0.39, 0.29) is 5.97 Å². The highest BCUT2D eigenvalue weighted by atomic mass is 16.5. The van der Waals surface area contributed by atoms with Crippen LogP contribution < -0.4 is 4.90 Å². The van der Waals surface area contributed by atoms with Crippen molar-refractivity contribution in [2.24, 2.45) is 0 Å². The van der Waals surface area contributed by atoms with Gasteiger partial charge in [0.15, 0.2) is 0 Å². The zero-order valence-electron chi connectivity index (χ0n) is 14.2. The van der Waals surface area contributed by atoms with Gasteiger partial charge in [0.2, 0.25) is 0 Å². The third-order valence-electron chi connectivity index (χ3n) is 3.89. The first-order chi connectivity index (χ1) is 11.6. The predicted octanol–water partition coefficient (Wildman–Crippen LogP) is 3.46. The molecule has 5 nitrogen and oxygen atoms in total. The second-order valence-corrected chi connectivity index (χ2v) is 5.81. The Morgan fingerprint density at radius 3 is 2.71 bits per heavy atom. The summed E-state index contributed by atoms with van der Waals surface area (Å²) in [5.41, 5.74) is 3.55. The maximum atomic E-state index is 12.1. The van der Waals surface area contributed by atoms with E-state index in [2.05, 4.69) is 28.2 Å². The lowest BCUT2D eigenvalue weighted by molar-refractivity contribution is 0.0528. The normalized spacial score (nSPS) is 10.8. The van der Waals surface area contributed by atoms with E-state index in [1.54, 1.807) is 17.6 Å². The van der Waals surface area contributed by atoms with Crippen molar-refractivity contribution >= 4 is 17.3 Å². The molecule has 0 saturated heterocycles. The molecule has 1 aromatic carbocycles. The number of nitrogens with zero attached hydrogens (tertiary/aromatic N) is 3. The van der Waals surface area contributed by atoms with Crippen molar-refractivity contribution in [2.45, 2.75) is 20.4 Å². The first-order valence-electron chi connectivity index (χ1n) is 8.00. The number of aryl methyl sites for hydroxylation is 1. The van der Waals surface area contributed by atoms with Crippen molar-refractivity contribution in [1.29, 1.82) is 0 Å². The Hall–Kier alpha value is -2.82. The average Bonchev–Trinajstić information content (AvgIpc) is 2.99. The number of fused-ring (bicyclic) bond motifs is 1. The maximum Gasteiger partial charge on any atom is 0.341 e. The Kier molecular flexibility index (Phi) is 4.51. The Morgan fingerprint density at radius 2 is 2.00 bits per heavy atom. The van der Waals surface area contributed by atoms with Crippen molar-refractivity contribution < 1.29 is 9.53 Å². The SMILES string of the molecule is CCOC(=O)c1cnn2c(N(C)Cc3ccccc3)cc(C)cc12. The first kappa shape index (κ1) is 16.1. The van der Waals surface area contributed by atoms with Crippen LogP contribution in [0.2, 0.25) is 0 Å². The van der Waals surface area contributed by atoms with Gasteiger partial charge in [-0.15, -0.1) is 0 Å². The van der Waals surface area contributed by atoms with Gasteiger partial charge in [-0.05, 0) is 37.1 Å². The summed E-state index contributed by atoms with van der Waals surface area (Å²) in [6, 6.07) is 14.3. The van der Waals surface area contributed by atoms with Gasteiger partial charge in [0.05, 0.1) is 18.3 Å². The molecular formula is C19H21N3O2. The summed E-state index contributed by atoms with van der Waals surface area (Å²) in [6.07, 6.45) is 1.58. The molecule has 124 valence electrons. The van der Waals surface area contributed by atoms with E-state index in [9.17, 15) is 4.79 Å². The van der Waals surface area contributed by atoms with Crippen LogP contribution in [0.25, 0.3) is 5.52 Å². The van der Waals surface area contributed by atoms with Gasteiger partial charge < -0.3 is 9.64 Å². The molecule has 2 aromatic heterocycles. The Balaban J connectivity index is 2.00. The van der Waals surface area contributed by atoms with E-state index in [1.165, 1.54) is 5.56 Å². The number of benzene rings is 1. The molecule has 0 fully saturated rings. The molecule has 0 bridgehead atoms. The van der Waals surface area contributed by atoms with Gasteiger partial charge in [0.25, 0.3) is 0 Å². The molecule has 0 aliphatic rings. The number of esters is 1. The Bertz CT molecular complexity index is 856. The number of carbonyl (C=O) groups is 1. The van der Waals surface area contributed by atoms with Gasteiger partial charge in [-0.2, -0.15) is 5.10 Å². The van der Waals surface area contributed by atoms with Crippen LogP contribution in [0.3, 0.4) is 0 Å². The van der Waals surface area contributed by atoms with Crippen molar-refractivity contribution in [3.63, 3.8) is 0 Å². The molecule has 0 saturated carbocycles. The standard InChI is InChI=1S/C19H21N3O2/c1-4-24-19(23)16-12-20-22-17(16)10-14(2)11-18(22)21(3)13-15-8-6-5-7-9-15/h5-12H,4,13H2,1-3H3. The van der Waals surface area contributed by atoms with Crippen LogP contribution in [0.4, 0.5) is 5.82 Å². The van der Waals surface area contributed by atoms with E-state index in [1.807, 2.05) is 38.2 Å². The highest BCUT2D eigenvalue weighted by Crippen LogP contribution is 2.23. The fraction of sp³-hybridized carbons (Fsp3) is 0.263. The number of hydrogen-bond donors (Lipinski definition) is 0. The highest BCUT2D eigenvalue weighted by molar-refractivity contribution is 5.97. The number of aromatic nitrogens is 2. The van der Waals surface area contributed by atoms with Crippen LogP contribution in [0.1, 0.15) is 28.4 Å². The second kappa shape index (κ2) is 6.74. The topological polar surface area (TPSA) is 46.8 Å². The number of hydrogen-bond acceptors (Lipinski definition) is 4. The van der Waals surface area contributed by atoms with Crippen molar-refractivity contribution in [3.8, 4) is 0 Å². The van der Waals surface area contributed by atoms with Gasteiger partial charge >= 0.3 is 5.97 Å². The minimum atomic E-state index is -0.338. The molecule has 0 unspecified atom stereocenters. The monoisotopic (exact) mass is 323 g/mol. The zero-order valence-corrected chi connectivity index (χ0v) is 14.2. The summed E-state index contributed by atoms with van der Waals surface area (Å²) in [5, 5.41) is 4.40. The number of anilines is 1. The summed E-state index contributed by atoms with van der Waals surface area (Å²) in [6.45, 7) is 4.92. The molecule has 0 aliphatic heterocycles. The third-order valence-corrected chi connectivity index (χ3v) is 3.89. The highest BCUT2D eigenvalue weighted by Gasteiger charge is 2.17. The molecular weight excluding hydrogens is 302 g/mol. The molecule has 0 spiro atoms. The fourth-order valence-corrected chi connectivity index (χ4v) is 2.78. The summed E-state index contributed by atoms with van der Waals surface area (Å²) in [7, 11) is 2.02. The van der Waals surface area contributed by atoms with Crippen LogP contribution in [-0.2, 0) is 11.3 Å². The van der Waals surface area contributed by atoms with Crippen molar-refractivity contribution in [3.05, 3.63) is 65.4 Å². The number of pyridine rings is 1. The van der Waals surface area contributed by atoms with Crippen LogP contribution in [0.5, 0.6) is 0 Å². The molecule has 0 atom stereocenters. The summed E-state index contributed by atoms with van der Waals surface area (Å²) < 4.78 is 6.92. The van der Waals surface area contributed by atoms with Gasteiger partial charge in [-0.3, -0.25) is 0 Å². The minimum absolute atomic E-state index is 0.338. The Labute approximate surface area is 141 Å². The molecule has 0 amide bonds. The maximum absolute atomic E-state index is 12.1. The lowest BCUT2D eigenvalue weighted by Gasteiger charge is -2.21. The van der Waals surface area contributed by atoms with E-state index >= 15 is 0 Å². The van der Waals surface area contributed by atoms with Crippen LogP contribution in [-0.4, -0.2) is 29.2 Å². The molecule has 0 N–H and O–H groups in total. The summed E-state index contributed by atoms with van der Waals surface area (Å²) in [5.74, 6) is 0.596. The van der Waals surface area contributed by atoms with Gasteiger partial charge in [0, 0.05) is 13.6 Å². The van der Waals surface area contributed by atoms with Crippen LogP contribution in [0, 0.1) is 6.92 Å². The van der Waals surface area contributed by atoms with E-state index in [0.29, 0.717) is 12.2 Å². The van der Waals surface area contributed by atoms with Crippen molar-refractivity contribution in [2.75, 3.05) is 18.6 Å². The predicted molar refractivity (Wildman–Crippen MR) is 94.4 cm³/mol. The van der Waals surface area contributed by atoms with Gasteiger partial charge in [0.1, 0.15) is 11.4 Å². The molecule has 5 heteroatoms. The number of ether oxygens (including phenoxy) is 1. The largest absolute Gasteiger partial charge is 0.462 e. The average molecular weight is 323 g/mol.